The fraction of sp³-hybridized carbons (Fsp3) is 0.278. The van der Waals surface area contributed by atoms with Gasteiger partial charge in [-0.3, -0.25) is 19.1 Å². The van der Waals surface area contributed by atoms with E-state index in [0.717, 1.165) is 5.56 Å². The van der Waals surface area contributed by atoms with Crippen molar-refractivity contribution in [3.63, 3.8) is 0 Å². The lowest BCUT2D eigenvalue weighted by molar-refractivity contribution is -0.117. The zero-order chi connectivity index (χ0) is 19.4. The van der Waals surface area contributed by atoms with E-state index in [1.807, 2.05) is 30.3 Å². The van der Waals surface area contributed by atoms with Crippen LogP contribution in [-0.2, 0) is 30.7 Å². The van der Waals surface area contributed by atoms with Crippen LogP contribution in [-0.4, -0.2) is 30.2 Å². The number of H-pyrrole nitrogens is 1. The SMILES string of the molecule is Cc1cn(Cc2nc(CC(N)=O)nn2CCc2ccccc2)c(=O)[nH]c1=O. The summed E-state index contributed by atoms with van der Waals surface area (Å²) in [4.78, 5) is 41.4. The molecule has 0 bridgehead atoms. The maximum absolute atomic E-state index is 12.0. The minimum Gasteiger partial charge on any atom is -0.369 e. The molecule has 1 amide bonds. The highest BCUT2D eigenvalue weighted by molar-refractivity contribution is 5.75. The molecule has 9 nitrogen and oxygen atoms in total. The highest BCUT2D eigenvalue weighted by Gasteiger charge is 2.14. The smallest absolute Gasteiger partial charge is 0.328 e. The van der Waals surface area contributed by atoms with Gasteiger partial charge in [0.05, 0.1) is 13.0 Å². The van der Waals surface area contributed by atoms with Gasteiger partial charge in [0.25, 0.3) is 5.56 Å². The van der Waals surface area contributed by atoms with Gasteiger partial charge in [0, 0.05) is 18.3 Å². The molecule has 27 heavy (non-hydrogen) atoms. The van der Waals surface area contributed by atoms with Crippen LogP contribution in [0.2, 0.25) is 0 Å². The van der Waals surface area contributed by atoms with Gasteiger partial charge >= 0.3 is 5.69 Å². The number of hydrogen-bond donors (Lipinski definition) is 2. The molecule has 140 valence electrons. The zero-order valence-electron chi connectivity index (χ0n) is 14.9. The molecule has 3 rings (SSSR count). The topological polar surface area (TPSA) is 129 Å². The summed E-state index contributed by atoms with van der Waals surface area (Å²) < 4.78 is 3.02. The van der Waals surface area contributed by atoms with E-state index in [1.54, 1.807) is 11.6 Å². The maximum Gasteiger partial charge on any atom is 0.328 e. The van der Waals surface area contributed by atoms with Crippen molar-refractivity contribution >= 4 is 5.91 Å². The second-order valence-electron chi connectivity index (χ2n) is 6.25. The van der Waals surface area contributed by atoms with Gasteiger partial charge in [-0.25, -0.2) is 14.5 Å². The second kappa shape index (κ2) is 7.81. The van der Waals surface area contributed by atoms with E-state index in [-0.39, 0.29) is 13.0 Å². The summed E-state index contributed by atoms with van der Waals surface area (Å²) in [6.45, 7) is 2.27. The average molecular weight is 368 g/mol. The molecule has 1 aromatic carbocycles. The zero-order valence-corrected chi connectivity index (χ0v) is 14.9. The molecule has 9 heteroatoms. The van der Waals surface area contributed by atoms with E-state index in [0.29, 0.717) is 30.2 Å². The Balaban J connectivity index is 1.89. The quantitative estimate of drug-likeness (QED) is 0.594. The van der Waals surface area contributed by atoms with Gasteiger partial charge in [0.15, 0.2) is 5.82 Å². The van der Waals surface area contributed by atoms with Crippen LogP contribution in [0.15, 0.2) is 46.1 Å². The largest absolute Gasteiger partial charge is 0.369 e. The number of aryl methyl sites for hydroxylation is 3. The molecular formula is C18H20N6O3. The predicted molar refractivity (Wildman–Crippen MR) is 98.2 cm³/mol. The lowest BCUT2D eigenvalue weighted by atomic mass is 10.1. The number of aromatic nitrogens is 5. The molecule has 0 aliphatic heterocycles. The number of amides is 1. The van der Waals surface area contributed by atoms with Crippen LogP contribution < -0.4 is 17.0 Å². The van der Waals surface area contributed by atoms with Gasteiger partial charge in [-0.2, -0.15) is 5.10 Å². The predicted octanol–water partition coefficient (Wildman–Crippen LogP) is -0.245. The normalized spacial score (nSPS) is 10.9. The molecule has 2 heterocycles. The van der Waals surface area contributed by atoms with Gasteiger partial charge in [-0.05, 0) is 18.9 Å². The van der Waals surface area contributed by atoms with Gasteiger partial charge in [0.1, 0.15) is 5.82 Å². The summed E-state index contributed by atoms with van der Waals surface area (Å²) >= 11 is 0. The highest BCUT2D eigenvalue weighted by atomic mass is 16.2. The van der Waals surface area contributed by atoms with E-state index < -0.39 is 17.2 Å². The number of benzene rings is 1. The van der Waals surface area contributed by atoms with Crippen LogP contribution in [0, 0.1) is 6.92 Å². The van der Waals surface area contributed by atoms with E-state index >= 15 is 0 Å². The highest BCUT2D eigenvalue weighted by Crippen LogP contribution is 2.06. The lowest BCUT2D eigenvalue weighted by Crippen LogP contribution is -2.31. The van der Waals surface area contributed by atoms with Crippen molar-refractivity contribution in [1.82, 2.24) is 24.3 Å². The van der Waals surface area contributed by atoms with Crippen molar-refractivity contribution in [2.45, 2.75) is 32.9 Å². The molecular weight excluding hydrogens is 348 g/mol. The Bertz CT molecular complexity index is 1060. The number of primary amides is 1. The molecule has 3 N–H and O–H groups in total. The fourth-order valence-corrected chi connectivity index (χ4v) is 2.72. The number of aromatic amines is 1. The van der Waals surface area contributed by atoms with Gasteiger partial charge < -0.3 is 5.73 Å². The summed E-state index contributed by atoms with van der Waals surface area (Å²) in [5.41, 5.74) is 5.84. The van der Waals surface area contributed by atoms with Crippen molar-refractivity contribution in [1.29, 1.82) is 0 Å². The third-order valence-corrected chi connectivity index (χ3v) is 4.08. The number of nitrogens with two attached hydrogens (primary N) is 1. The Kier molecular flexibility index (Phi) is 5.30. The van der Waals surface area contributed by atoms with Crippen LogP contribution in [0.5, 0.6) is 0 Å². The van der Waals surface area contributed by atoms with Crippen molar-refractivity contribution in [3.05, 3.63) is 80.1 Å². The van der Waals surface area contributed by atoms with E-state index in [4.69, 9.17) is 5.73 Å². The third-order valence-electron chi connectivity index (χ3n) is 4.08. The fourth-order valence-electron chi connectivity index (χ4n) is 2.72. The summed E-state index contributed by atoms with van der Waals surface area (Å²) in [6.07, 6.45) is 2.11. The minimum atomic E-state index is -0.529. The number of nitrogens with one attached hydrogen (secondary N) is 1. The van der Waals surface area contributed by atoms with E-state index in [9.17, 15) is 14.4 Å². The monoisotopic (exact) mass is 368 g/mol. The molecule has 0 aliphatic carbocycles. The Morgan fingerprint density at radius 3 is 2.67 bits per heavy atom. The number of hydrogen-bond acceptors (Lipinski definition) is 5. The molecule has 0 atom stereocenters. The Morgan fingerprint density at radius 2 is 1.96 bits per heavy atom. The number of nitrogens with zero attached hydrogens (tertiary/aromatic N) is 4. The number of carbonyl (C=O) groups is 1. The Labute approximate surface area is 154 Å². The molecule has 3 aromatic rings. The van der Waals surface area contributed by atoms with Crippen molar-refractivity contribution in [2.75, 3.05) is 0 Å². The van der Waals surface area contributed by atoms with Crippen LogP contribution in [0.1, 0.15) is 22.8 Å². The first-order valence-corrected chi connectivity index (χ1v) is 8.47. The first kappa shape index (κ1) is 18.3. The summed E-state index contributed by atoms with van der Waals surface area (Å²) in [6, 6.07) is 9.88. The Morgan fingerprint density at radius 1 is 1.22 bits per heavy atom. The van der Waals surface area contributed by atoms with Gasteiger partial charge in [-0.1, -0.05) is 30.3 Å². The third kappa shape index (κ3) is 4.57. The number of carbonyl (C=O) groups excluding carboxylic acids is 1. The van der Waals surface area contributed by atoms with Crippen molar-refractivity contribution in [2.24, 2.45) is 5.73 Å². The molecule has 0 saturated carbocycles. The summed E-state index contributed by atoms with van der Waals surface area (Å²) in [5.74, 6) is 0.286. The molecule has 0 radical (unpaired) electrons. The molecule has 0 fully saturated rings. The molecule has 0 aliphatic rings. The van der Waals surface area contributed by atoms with E-state index in [1.165, 1.54) is 10.8 Å². The standard InChI is InChI=1S/C18H20N6O3/c1-12-10-23(18(27)21-17(12)26)11-16-20-15(9-14(19)25)22-24(16)8-7-13-5-3-2-4-6-13/h2-6,10H,7-9,11H2,1H3,(H2,19,25)(H,21,26,27). The first-order chi connectivity index (χ1) is 12.9. The van der Waals surface area contributed by atoms with Crippen LogP contribution in [0.3, 0.4) is 0 Å². The maximum atomic E-state index is 12.0. The minimum absolute atomic E-state index is 0.0785. The Hall–Kier alpha value is -3.49. The average Bonchev–Trinajstić information content (AvgIpc) is 2.99. The van der Waals surface area contributed by atoms with Crippen molar-refractivity contribution in [3.8, 4) is 0 Å². The van der Waals surface area contributed by atoms with Gasteiger partial charge in [0.2, 0.25) is 5.91 Å². The molecule has 0 saturated heterocycles. The van der Waals surface area contributed by atoms with Crippen LogP contribution in [0.25, 0.3) is 0 Å². The second-order valence-corrected chi connectivity index (χ2v) is 6.25. The van der Waals surface area contributed by atoms with Crippen LogP contribution >= 0.6 is 0 Å². The lowest BCUT2D eigenvalue weighted by Gasteiger charge is -2.08. The van der Waals surface area contributed by atoms with Gasteiger partial charge in [-0.15, -0.1) is 0 Å². The van der Waals surface area contributed by atoms with Crippen LogP contribution in [0.4, 0.5) is 0 Å². The first-order valence-electron chi connectivity index (χ1n) is 8.47. The molecule has 0 spiro atoms. The summed E-state index contributed by atoms with van der Waals surface area (Å²) in [5, 5.41) is 4.35. The summed E-state index contributed by atoms with van der Waals surface area (Å²) in [7, 11) is 0. The molecule has 0 unspecified atom stereocenters. The van der Waals surface area contributed by atoms with Crippen molar-refractivity contribution < 1.29 is 4.79 Å². The van der Waals surface area contributed by atoms with E-state index in [2.05, 4.69) is 15.1 Å². The number of rotatable bonds is 7. The molecule has 2 aromatic heterocycles.